The molecule has 0 N–H and O–H groups in total. The molecule has 0 heterocycles. The van der Waals surface area contributed by atoms with Crippen molar-refractivity contribution < 1.29 is 14.3 Å². The third-order valence-electron chi connectivity index (χ3n) is 3.32. The van der Waals surface area contributed by atoms with Gasteiger partial charge in [-0.3, -0.25) is 9.59 Å². The van der Waals surface area contributed by atoms with E-state index in [0.717, 1.165) is 6.42 Å². The third kappa shape index (κ3) is 2.34. The highest BCUT2D eigenvalue weighted by Gasteiger charge is 2.35. The van der Waals surface area contributed by atoms with Gasteiger partial charge in [0.2, 0.25) is 0 Å². The Balaban J connectivity index is 2.49. The topological polar surface area (TPSA) is 43.4 Å². The van der Waals surface area contributed by atoms with Crippen LogP contribution >= 0.6 is 0 Å². The summed E-state index contributed by atoms with van der Waals surface area (Å²) in [5.74, 6) is 0.899. The van der Waals surface area contributed by atoms with Gasteiger partial charge in [-0.1, -0.05) is 13.8 Å². The van der Waals surface area contributed by atoms with E-state index in [4.69, 9.17) is 0 Å². The molecule has 1 aliphatic rings. The second kappa shape index (κ2) is 4.58. The van der Waals surface area contributed by atoms with Gasteiger partial charge in [0.25, 0.3) is 0 Å². The predicted molar refractivity (Wildman–Crippen MR) is 52.7 cm³/mol. The van der Waals surface area contributed by atoms with Gasteiger partial charge in [-0.25, -0.2) is 0 Å². The third-order valence-corrected chi connectivity index (χ3v) is 3.32. The van der Waals surface area contributed by atoms with Crippen LogP contribution in [-0.4, -0.2) is 18.9 Å². The number of ether oxygens (including phenoxy) is 1. The smallest absolute Gasteiger partial charge is 0.305 e. The molecule has 1 rings (SSSR count). The van der Waals surface area contributed by atoms with E-state index in [1.165, 1.54) is 7.11 Å². The number of carbonyl (C=O) groups is 2. The van der Waals surface area contributed by atoms with E-state index < -0.39 is 0 Å². The Morgan fingerprint density at radius 2 is 2.29 bits per heavy atom. The van der Waals surface area contributed by atoms with E-state index in [9.17, 15) is 9.59 Å². The zero-order valence-corrected chi connectivity index (χ0v) is 9.08. The number of hydrogen-bond acceptors (Lipinski definition) is 3. The average molecular weight is 198 g/mol. The quantitative estimate of drug-likeness (QED) is 0.649. The minimum atomic E-state index is -0.177. The van der Waals surface area contributed by atoms with Crippen LogP contribution in [0.2, 0.25) is 0 Å². The van der Waals surface area contributed by atoms with Gasteiger partial charge in [-0.15, -0.1) is 0 Å². The summed E-state index contributed by atoms with van der Waals surface area (Å²) in [6.07, 6.45) is 2.04. The lowest BCUT2D eigenvalue weighted by atomic mass is 9.84. The number of methoxy groups -OCH3 is 1. The van der Waals surface area contributed by atoms with Crippen LogP contribution in [0.4, 0.5) is 0 Å². The number of carbonyl (C=O) groups excluding carboxylic acids is 2. The summed E-state index contributed by atoms with van der Waals surface area (Å²) in [5, 5.41) is 0. The summed E-state index contributed by atoms with van der Waals surface area (Å²) in [7, 11) is 1.40. The Kier molecular flexibility index (Phi) is 3.67. The second-order valence-electron chi connectivity index (χ2n) is 4.22. The maximum Gasteiger partial charge on any atom is 0.305 e. The first-order valence-corrected chi connectivity index (χ1v) is 5.15. The Bertz CT molecular complexity index is 235. The normalized spacial score (nSPS) is 28.9. The highest BCUT2D eigenvalue weighted by atomic mass is 16.5. The van der Waals surface area contributed by atoms with E-state index >= 15 is 0 Å². The highest BCUT2D eigenvalue weighted by molar-refractivity contribution is 5.83. The van der Waals surface area contributed by atoms with Crippen molar-refractivity contribution in [2.45, 2.75) is 33.1 Å². The lowest BCUT2D eigenvalue weighted by molar-refractivity contribution is -0.142. The molecule has 0 aromatic heterocycles. The summed E-state index contributed by atoms with van der Waals surface area (Å²) in [4.78, 5) is 22.4. The first-order valence-electron chi connectivity index (χ1n) is 5.15. The molecule has 1 saturated carbocycles. The molecule has 3 nitrogen and oxygen atoms in total. The monoisotopic (exact) mass is 198 g/mol. The van der Waals surface area contributed by atoms with Crippen molar-refractivity contribution in [3.05, 3.63) is 0 Å². The van der Waals surface area contributed by atoms with Crippen LogP contribution in [0.25, 0.3) is 0 Å². The van der Waals surface area contributed by atoms with Gasteiger partial charge in [-0.05, 0) is 18.3 Å². The van der Waals surface area contributed by atoms with Crippen molar-refractivity contribution in [1.29, 1.82) is 0 Å². The van der Waals surface area contributed by atoms with E-state index in [2.05, 4.69) is 4.74 Å². The van der Waals surface area contributed by atoms with Crippen molar-refractivity contribution in [2.24, 2.45) is 17.8 Å². The fourth-order valence-corrected chi connectivity index (χ4v) is 2.30. The van der Waals surface area contributed by atoms with Gasteiger partial charge >= 0.3 is 5.97 Å². The zero-order chi connectivity index (χ0) is 10.7. The maximum atomic E-state index is 11.3. The first kappa shape index (κ1) is 11.2. The molecule has 0 spiro atoms. The minimum Gasteiger partial charge on any atom is -0.469 e. The molecule has 1 fully saturated rings. The standard InChI is InChI=1S/C11H18O3/c1-7(6-11(13)14-3)9-4-5-10(12)8(9)2/h7-9H,4-6H2,1-3H3/t7-,8-,9-/m1/s1. The molecule has 3 atom stereocenters. The fraction of sp³-hybridized carbons (Fsp3) is 0.818. The molecule has 0 saturated heterocycles. The molecule has 0 bridgehead atoms. The van der Waals surface area contributed by atoms with Gasteiger partial charge in [0.05, 0.1) is 7.11 Å². The van der Waals surface area contributed by atoms with Gasteiger partial charge in [0, 0.05) is 18.8 Å². The molecule has 1 aliphatic carbocycles. The number of ketones is 1. The molecule has 80 valence electrons. The van der Waals surface area contributed by atoms with Crippen molar-refractivity contribution >= 4 is 11.8 Å². The molecular formula is C11H18O3. The summed E-state index contributed by atoms with van der Waals surface area (Å²) >= 11 is 0. The van der Waals surface area contributed by atoms with Crippen LogP contribution in [-0.2, 0) is 14.3 Å². The minimum absolute atomic E-state index is 0.120. The second-order valence-corrected chi connectivity index (χ2v) is 4.22. The van der Waals surface area contributed by atoms with Crippen molar-refractivity contribution in [3.63, 3.8) is 0 Å². The van der Waals surface area contributed by atoms with Crippen LogP contribution < -0.4 is 0 Å². The van der Waals surface area contributed by atoms with E-state index in [1.54, 1.807) is 0 Å². The predicted octanol–water partition coefficient (Wildman–Crippen LogP) is 1.80. The van der Waals surface area contributed by atoms with Crippen LogP contribution in [0.15, 0.2) is 0 Å². The Hall–Kier alpha value is -0.860. The van der Waals surface area contributed by atoms with E-state index in [0.29, 0.717) is 24.5 Å². The number of esters is 1. The largest absolute Gasteiger partial charge is 0.469 e. The van der Waals surface area contributed by atoms with Crippen molar-refractivity contribution in [1.82, 2.24) is 0 Å². The number of hydrogen-bond donors (Lipinski definition) is 0. The lowest BCUT2D eigenvalue weighted by Gasteiger charge is -2.21. The maximum absolute atomic E-state index is 11.3. The summed E-state index contributed by atoms with van der Waals surface area (Å²) in [6.45, 7) is 3.99. The zero-order valence-electron chi connectivity index (χ0n) is 9.08. The summed E-state index contributed by atoms with van der Waals surface area (Å²) in [5.41, 5.74) is 0. The van der Waals surface area contributed by atoms with E-state index in [-0.39, 0.29) is 17.8 Å². The average Bonchev–Trinajstić information content (AvgIpc) is 2.47. The summed E-state index contributed by atoms with van der Waals surface area (Å²) < 4.78 is 4.62. The van der Waals surface area contributed by atoms with Crippen LogP contribution in [0.1, 0.15) is 33.1 Å². The van der Waals surface area contributed by atoms with Gasteiger partial charge in [-0.2, -0.15) is 0 Å². The van der Waals surface area contributed by atoms with Gasteiger partial charge in [0.15, 0.2) is 0 Å². The molecule has 3 heteroatoms. The highest BCUT2D eigenvalue weighted by Crippen LogP contribution is 2.35. The SMILES string of the molecule is COC(=O)C[C@@H](C)[C@H]1CCC(=O)[C@@H]1C. The van der Waals surface area contributed by atoms with Gasteiger partial charge in [0.1, 0.15) is 5.78 Å². The fourth-order valence-electron chi connectivity index (χ4n) is 2.30. The molecule has 0 amide bonds. The number of Topliss-reactive ketones (excluding diaryl/α,β-unsaturated/α-hetero) is 1. The van der Waals surface area contributed by atoms with Crippen LogP contribution in [0, 0.1) is 17.8 Å². The Morgan fingerprint density at radius 1 is 1.64 bits per heavy atom. The van der Waals surface area contributed by atoms with Crippen molar-refractivity contribution in [2.75, 3.05) is 7.11 Å². The van der Waals surface area contributed by atoms with Crippen LogP contribution in [0.3, 0.4) is 0 Å². The molecular weight excluding hydrogens is 180 g/mol. The number of rotatable bonds is 3. The molecule has 0 aromatic carbocycles. The molecule has 0 unspecified atom stereocenters. The molecule has 14 heavy (non-hydrogen) atoms. The molecule has 0 radical (unpaired) electrons. The summed E-state index contributed by atoms with van der Waals surface area (Å²) in [6, 6.07) is 0. The first-order chi connectivity index (χ1) is 6.56. The Labute approximate surface area is 84.8 Å². The molecule has 0 aromatic rings. The van der Waals surface area contributed by atoms with Crippen molar-refractivity contribution in [3.8, 4) is 0 Å². The van der Waals surface area contributed by atoms with Gasteiger partial charge < -0.3 is 4.74 Å². The van der Waals surface area contributed by atoms with E-state index in [1.807, 2.05) is 13.8 Å². The lowest BCUT2D eigenvalue weighted by Crippen LogP contribution is -2.20. The molecule has 0 aliphatic heterocycles. The van der Waals surface area contributed by atoms with Crippen LogP contribution in [0.5, 0.6) is 0 Å². The Morgan fingerprint density at radius 3 is 2.71 bits per heavy atom.